The Hall–Kier alpha value is -2.87. The molecule has 1 atom stereocenters. The number of nitriles is 1. The molecule has 2 aromatic rings. The van der Waals surface area contributed by atoms with Gasteiger partial charge in [-0.2, -0.15) is 5.26 Å². The van der Waals surface area contributed by atoms with Gasteiger partial charge in [-0.1, -0.05) is 0 Å². The molecule has 4 rings (SSSR count). The molecule has 1 saturated heterocycles. The molecule has 10 heteroatoms. The largest absolute Gasteiger partial charge is 0.383 e. The number of hydrogen-bond acceptors (Lipinski definition) is 9. The molecule has 1 aliphatic heterocycles. The summed E-state index contributed by atoms with van der Waals surface area (Å²) in [5, 5.41) is 20.0. The number of pyridine rings is 1. The Bertz CT molecular complexity index is 1030. The summed E-state index contributed by atoms with van der Waals surface area (Å²) in [5.74, 6) is 0.748. The Kier molecular flexibility index (Phi) is 9.02. The molecular formula is C26H36FN7O2. The second-order valence-corrected chi connectivity index (χ2v) is 9.91. The molecule has 36 heavy (non-hydrogen) atoms. The number of anilines is 2. The maximum atomic E-state index is 14.7. The molecule has 0 unspecified atom stereocenters. The Morgan fingerprint density at radius 2 is 1.89 bits per heavy atom. The van der Waals surface area contributed by atoms with Crippen molar-refractivity contribution in [1.29, 1.82) is 5.26 Å². The van der Waals surface area contributed by atoms with Gasteiger partial charge in [-0.05, 0) is 51.5 Å². The molecule has 194 valence electrons. The van der Waals surface area contributed by atoms with Gasteiger partial charge in [-0.25, -0.2) is 19.3 Å². The van der Waals surface area contributed by atoms with Crippen molar-refractivity contribution in [3.8, 4) is 17.3 Å². The maximum Gasteiger partial charge on any atom is 0.151 e. The molecule has 2 aromatic heterocycles. The van der Waals surface area contributed by atoms with Gasteiger partial charge in [0.25, 0.3) is 0 Å². The van der Waals surface area contributed by atoms with Crippen LogP contribution in [0, 0.1) is 22.6 Å². The van der Waals surface area contributed by atoms with E-state index in [4.69, 9.17) is 9.47 Å². The maximum absolute atomic E-state index is 14.7. The minimum Gasteiger partial charge on any atom is -0.383 e. The molecule has 1 saturated carbocycles. The first-order chi connectivity index (χ1) is 17.5. The highest BCUT2D eigenvalue weighted by Crippen LogP contribution is 2.31. The minimum atomic E-state index is -0.487. The van der Waals surface area contributed by atoms with Gasteiger partial charge >= 0.3 is 0 Å². The van der Waals surface area contributed by atoms with Gasteiger partial charge < -0.3 is 25.4 Å². The van der Waals surface area contributed by atoms with Crippen LogP contribution in [0.4, 0.5) is 16.0 Å². The molecule has 0 spiro atoms. The van der Waals surface area contributed by atoms with E-state index in [1.807, 2.05) is 0 Å². The van der Waals surface area contributed by atoms with Crippen LogP contribution in [0.3, 0.4) is 0 Å². The molecule has 2 aliphatic rings. The average molecular weight is 498 g/mol. The van der Waals surface area contributed by atoms with Crippen LogP contribution in [0.2, 0.25) is 0 Å². The molecule has 0 amide bonds. The third-order valence-electron chi connectivity index (χ3n) is 7.11. The standard InChI is InChI=1S/C26H36FN7O2/c1-18(14-35-2)33-19-3-5-20(6-4-19)34-25-11-21(22(27)13-29-25)23-12-24(32-17-31-23)30-16-26(15-28)7-9-36-10-8-26/h11-13,17-20,33H,3-10,14,16H2,1-2H3,(H,29,34)(H,30,31,32)/t18-,19?,20?/m0/s1. The summed E-state index contributed by atoms with van der Waals surface area (Å²) >= 11 is 0. The lowest BCUT2D eigenvalue weighted by molar-refractivity contribution is 0.0455. The number of halogens is 1. The van der Waals surface area contributed by atoms with Crippen molar-refractivity contribution >= 4 is 11.6 Å². The van der Waals surface area contributed by atoms with E-state index in [0.717, 1.165) is 25.7 Å². The van der Waals surface area contributed by atoms with Gasteiger partial charge in [-0.15, -0.1) is 0 Å². The summed E-state index contributed by atoms with van der Waals surface area (Å²) in [4.78, 5) is 12.8. The minimum absolute atomic E-state index is 0.288. The molecule has 0 aromatic carbocycles. The monoisotopic (exact) mass is 497 g/mol. The number of methoxy groups -OCH3 is 1. The van der Waals surface area contributed by atoms with Crippen LogP contribution in [0.15, 0.2) is 24.7 Å². The fourth-order valence-corrected chi connectivity index (χ4v) is 4.98. The van der Waals surface area contributed by atoms with E-state index < -0.39 is 11.2 Å². The lowest BCUT2D eigenvalue weighted by Crippen LogP contribution is -2.42. The SMILES string of the molecule is COC[C@H](C)NC1CCC(Nc2cc(-c3cc(NCC4(C#N)CCOCC4)ncn3)c(F)cn2)CC1. The van der Waals surface area contributed by atoms with Gasteiger partial charge in [-0.3, -0.25) is 0 Å². The number of rotatable bonds is 10. The third kappa shape index (κ3) is 6.87. The summed E-state index contributed by atoms with van der Waals surface area (Å²) in [7, 11) is 1.72. The Labute approximate surface area is 212 Å². The summed E-state index contributed by atoms with van der Waals surface area (Å²) in [6.45, 7) is 4.45. The van der Waals surface area contributed by atoms with E-state index in [2.05, 4.69) is 43.9 Å². The molecule has 0 bridgehead atoms. The van der Waals surface area contributed by atoms with Crippen molar-refractivity contribution in [2.24, 2.45) is 5.41 Å². The third-order valence-corrected chi connectivity index (χ3v) is 7.11. The Morgan fingerprint density at radius 1 is 1.14 bits per heavy atom. The second kappa shape index (κ2) is 12.4. The lowest BCUT2D eigenvalue weighted by atomic mass is 9.82. The van der Waals surface area contributed by atoms with Crippen LogP contribution in [0.5, 0.6) is 0 Å². The average Bonchev–Trinajstić information content (AvgIpc) is 2.90. The number of hydrogen-bond donors (Lipinski definition) is 3. The predicted octanol–water partition coefficient (Wildman–Crippen LogP) is 3.76. The van der Waals surface area contributed by atoms with Crippen molar-refractivity contribution in [2.45, 2.75) is 63.6 Å². The van der Waals surface area contributed by atoms with Crippen LogP contribution in [-0.2, 0) is 9.47 Å². The second-order valence-electron chi connectivity index (χ2n) is 9.91. The summed E-state index contributed by atoms with van der Waals surface area (Å²) in [6, 6.07) is 6.96. The van der Waals surface area contributed by atoms with Crippen LogP contribution in [0.1, 0.15) is 45.4 Å². The van der Waals surface area contributed by atoms with Crippen molar-refractivity contribution in [3.05, 3.63) is 30.5 Å². The van der Waals surface area contributed by atoms with Crippen molar-refractivity contribution in [1.82, 2.24) is 20.3 Å². The first-order valence-corrected chi connectivity index (χ1v) is 12.7. The van der Waals surface area contributed by atoms with Gasteiger partial charge in [0.2, 0.25) is 0 Å². The summed E-state index contributed by atoms with van der Waals surface area (Å²) in [6.07, 6.45) is 8.15. The fraction of sp³-hybridized carbons (Fsp3) is 0.615. The highest BCUT2D eigenvalue weighted by Gasteiger charge is 2.32. The molecule has 2 fully saturated rings. The molecule has 9 nitrogen and oxygen atoms in total. The predicted molar refractivity (Wildman–Crippen MR) is 136 cm³/mol. The van der Waals surface area contributed by atoms with E-state index in [-0.39, 0.29) is 6.04 Å². The highest BCUT2D eigenvalue weighted by atomic mass is 19.1. The molecule has 3 N–H and O–H groups in total. The smallest absolute Gasteiger partial charge is 0.151 e. The van der Waals surface area contributed by atoms with Crippen LogP contribution in [-0.4, -0.2) is 66.6 Å². The highest BCUT2D eigenvalue weighted by molar-refractivity contribution is 5.65. The van der Waals surface area contributed by atoms with Crippen molar-refractivity contribution in [2.75, 3.05) is 44.1 Å². The molecule has 3 heterocycles. The van der Waals surface area contributed by atoms with Crippen LogP contribution >= 0.6 is 0 Å². The van der Waals surface area contributed by atoms with Gasteiger partial charge in [0.1, 0.15) is 18.0 Å². The van der Waals surface area contributed by atoms with Crippen molar-refractivity contribution < 1.29 is 13.9 Å². The zero-order valence-electron chi connectivity index (χ0n) is 21.1. The molecule has 0 radical (unpaired) electrons. The van der Waals surface area contributed by atoms with E-state index in [9.17, 15) is 9.65 Å². The van der Waals surface area contributed by atoms with E-state index in [1.54, 1.807) is 19.2 Å². The number of nitrogens with zero attached hydrogens (tertiary/aromatic N) is 4. The van der Waals surface area contributed by atoms with Gasteiger partial charge in [0, 0.05) is 56.6 Å². The zero-order chi connectivity index (χ0) is 25.4. The number of aromatic nitrogens is 3. The first-order valence-electron chi connectivity index (χ1n) is 12.7. The number of ether oxygens (including phenoxy) is 2. The Morgan fingerprint density at radius 3 is 2.61 bits per heavy atom. The van der Waals surface area contributed by atoms with Crippen molar-refractivity contribution in [3.63, 3.8) is 0 Å². The number of nitrogens with one attached hydrogen (secondary N) is 3. The Balaban J connectivity index is 1.37. The quantitative estimate of drug-likeness (QED) is 0.451. The fourth-order valence-electron chi connectivity index (χ4n) is 4.98. The van der Waals surface area contributed by atoms with Gasteiger partial charge in [0.15, 0.2) is 5.82 Å². The summed E-state index contributed by atoms with van der Waals surface area (Å²) < 4.78 is 25.4. The zero-order valence-corrected chi connectivity index (χ0v) is 21.1. The molecular weight excluding hydrogens is 461 g/mol. The van der Waals surface area contributed by atoms with Crippen LogP contribution < -0.4 is 16.0 Å². The van der Waals surface area contributed by atoms with Gasteiger partial charge in [0.05, 0.1) is 30.0 Å². The summed E-state index contributed by atoms with van der Waals surface area (Å²) in [5.41, 5.74) is 0.342. The van der Waals surface area contributed by atoms with E-state index >= 15 is 0 Å². The molecule has 1 aliphatic carbocycles. The normalized spacial score (nSPS) is 22.4. The van der Waals surface area contributed by atoms with E-state index in [1.165, 1.54) is 12.5 Å². The lowest BCUT2D eigenvalue weighted by Gasteiger charge is -2.31. The van der Waals surface area contributed by atoms with E-state index in [0.29, 0.717) is 74.2 Å². The van der Waals surface area contributed by atoms with Crippen LogP contribution in [0.25, 0.3) is 11.3 Å². The topological polar surface area (TPSA) is 117 Å². The first kappa shape index (κ1) is 26.2.